The molecule has 2 fully saturated rings. The summed E-state index contributed by atoms with van der Waals surface area (Å²) in [7, 11) is -3.71. The van der Waals surface area contributed by atoms with Gasteiger partial charge in [0.1, 0.15) is 0 Å². The summed E-state index contributed by atoms with van der Waals surface area (Å²) in [6.45, 7) is 2.48. The summed E-state index contributed by atoms with van der Waals surface area (Å²) in [4.78, 5) is 11.1. The molecule has 0 aromatic heterocycles. The average molecular weight is 290 g/mol. The van der Waals surface area contributed by atoms with Crippen molar-refractivity contribution in [3.63, 3.8) is 0 Å². The number of carbonyl (C=O) groups is 1. The van der Waals surface area contributed by atoms with Crippen molar-refractivity contribution < 1.29 is 23.1 Å². The van der Waals surface area contributed by atoms with E-state index in [1.54, 1.807) is 0 Å². The first kappa shape index (κ1) is 14.8. The summed E-state index contributed by atoms with van der Waals surface area (Å²) >= 11 is 0. The van der Waals surface area contributed by atoms with Crippen molar-refractivity contribution in [2.24, 2.45) is 0 Å². The normalized spacial score (nSPS) is 26.9. The number of hydrogen-bond donors (Lipinski definition) is 1. The van der Waals surface area contributed by atoms with Gasteiger partial charge in [-0.3, -0.25) is 4.79 Å². The molecular formula is C13H22O5S. The highest BCUT2D eigenvalue weighted by atomic mass is 32.2. The Morgan fingerprint density at radius 1 is 1.32 bits per heavy atom. The zero-order valence-electron chi connectivity index (χ0n) is 11.5. The Bertz CT molecular complexity index is 459. The maximum atomic E-state index is 12.2. The number of carboxylic acids is 1. The molecule has 1 N–H and O–H groups in total. The van der Waals surface area contributed by atoms with E-state index in [4.69, 9.17) is 9.84 Å². The quantitative estimate of drug-likeness (QED) is 0.853. The molecule has 0 amide bonds. The fourth-order valence-corrected chi connectivity index (χ4v) is 4.39. The second-order valence-corrected chi connectivity index (χ2v) is 8.85. The second-order valence-electron chi connectivity index (χ2n) is 6.27. The van der Waals surface area contributed by atoms with E-state index < -0.39 is 20.6 Å². The maximum Gasteiger partial charge on any atom is 0.324 e. The topological polar surface area (TPSA) is 80.7 Å². The van der Waals surface area contributed by atoms with Gasteiger partial charge in [-0.25, -0.2) is 8.42 Å². The van der Waals surface area contributed by atoms with Crippen molar-refractivity contribution in [3.05, 3.63) is 0 Å². The lowest BCUT2D eigenvalue weighted by Crippen LogP contribution is -2.44. The number of aliphatic carboxylic acids is 1. The van der Waals surface area contributed by atoms with Crippen LogP contribution < -0.4 is 0 Å². The van der Waals surface area contributed by atoms with Crippen LogP contribution in [0.15, 0.2) is 0 Å². The van der Waals surface area contributed by atoms with Crippen molar-refractivity contribution >= 4 is 15.8 Å². The Morgan fingerprint density at radius 2 is 1.89 bits per heavy atom. The highest BCUT2D eigenvalue weighted by Gasteiger charge is 2.47. The van der Waals surface area contributed by atoms with Crippen molar-refractivity contribution in [2.75, 3.05) is 5.75 Å². The standard InChI is InChI=1S/C13H22O5S/c1-12(2,11(14)15)19(16,17)9-10-5-8-13(18-10)6-3-4-7-13/h10H,3-9H2,1-2H3,(H,14,15). The Morgan fingerprint density at radius 3 is 2.42 bits per heavy atom. The first-order valence-corrected chi connectivity index (χ1v) is 8.47. The monoisotopic (exact) mass is 290 g/mol. The van der Waals surface area contributed by atoms with E-state index in [0.29, 0.717) is 0 Å². The van der Waals surface area contributed by atoms with Gasteiger partial charge in [0.05, 0.1) is 17.5 Å². The summed E-state index contributed by atoms with van der Waals surface area (Å²) in [5, 5.41) is 9.04. The average Bonchev–Trinajstić information content (AvgIpc) is 2.89. The second kappa shape index (κ2) is 4.74. The molecule has 1 aliphatic heterocycles. The van der Waals surface area contributed by atoms with Crippen LogP contribution in [-0.4, -0.2) is 41.7 Å². The number of sulfone groups is 1. The summed E-state index contributed by atoms with van der Waals surface area (Å²) < 4.78 is 28.6. The molecule has 6 heteroatoms. The zero-order valence-corrected chi connectivity index (χ0v) is 12.3. The lowest BCUT2D eigenvalue weighted by molar-refractivity contribution is -0.139. The summed E-state index contributed by atoms with van der Waals surface area (Å²) in [5.74, 6) is -1.49. The van der Waals surface area contributed by atoms with E-state index in [1.165, 1.54) is 13.8 Å². The van der Waals surface area contributed by atoms with Gasteiger partial charge in [-0.15, -0.1) is 0 Å². The van der Waals surface area contributed by atoms with E-state index in [-0.39, 0.29) is 17.5 Å². The molecule has 1 saturated heterocycles. The predicted molar refractivity (Wildman–Crippen MR) is 70.8 cm³/mol. The summed E-state index contributed by atoms with van der Waals surface area (Å²) in [6.07, 6.45) is 5.56. The molecule has 1 aliphatic carbocycles. The molecule has 1 unspecified atom stereocenters. The number of rotatable bonds is 4. The SMILES string of the molecule is CC(C)(C(=O)O)S(=O)(=O)CC1CCC2(CCCC2)O1. The molecule has 2 aliphatic rings. The van der Waals surface area contributed by atoms with Gasteiger partial charge in [0.25, 0.3) is 0 Å². The van der Waals surface area contributed by atoms with Crippen molar-refractivity contribution in [1.82, 2.24) is 0 Å². The molecule has 0 radical (unpaired) electrons. The lowest BCUT2D eigenvalue weighted by Gasteiger charge is -2.25. The molecule has 0 aromatic carbocycles. The third kappa shape index (κ3) is 2.65. The molecule has 1 heterocycles. The highest BCUT2D eigenvalue weighted by molar-refractivity contribution is 7.93. The third-order valence-electron chi connectivity index (χ3n) is 4.55. The maximum absolute atomic E-state index is 12.2. The van der Waals surface area contributed by atoms with Crippen molar-refractivity contribution in [1.29, 1.82) is 0 Å². The fraction of sp³-hybridized carbons (Fsp3) is 0.923. The van der Waals surface area contributed by atoms with Crippen LogP contribution in [0.2, 0.25) is 0 Å². The van der Waals surface area contributed by atoms with Crippen LogP contribution in [0.25, 0.3) is 0 Å². The molecular weight excluding hydrogens is 268 g/mol. The van der Waals surface area contributed by atoms with E-state index in [0.717, 1.165) is 38.5 Å². The van der Waals surface area contributed by atoms with Crippen molar-refractivity contribution in [2.45, 2.75) is 68.8 Å². The Hall–Kier alpha value is -0.620. The van der Waals surface area contributed by atoms with Crippen molar-refractivity contribution in [3.8, 4) is 0 Å². The van der Waals surface area contributed by atoms with Gasteiger partial charge < -0.3 is 9.84 Å². The van der Waals surface area contributed by atoms with Gasteiger partial charge in [0.2, 0.25) is 0 Å². The first-order valence-electron chi connectivity index (χ1n) is 6.82. The van der Waals surface area contributed by atoms with E-state index >= 15 is 0 Å². The van der Waals surface area contributed by atoms with Crippen LogP contribution in [0, 0.1) is 0 Å². The molecule has 0 aromatic rings. The van der Waals surface area contributed by atoms with Crippen LogP contribution >= 0.6 is 0 Å². The Balaban J connectivity index is 2.04. The Kier molecular flexibility index (Phi) is 3.68. The van der Waals surface area contributed by atoms with Gasteiger partial charge in [-0.05, 0) is 39.5 Å². The molecule has 1 spiro atoms. The molecule has 1 saturated carbocycles. The molecule has 110 valence electrons. The van der Waals surface area contributed by atoms with E-state index in [9.17, 15) is 13.2 Å². The fourth-order valence-electron chi connectivity index (χ4n) is 2.99. The highest BCUT2D eigenvalue weighted by Crippen LogP contribution is 2.43. The van der Waals surface area contributed by atoms with Crippen LogP contribution in [0.5, 0.6) is 0 Å². The van der Waals surface area contributed by atoms with Crippen LogP contribution in [0.4, 0.5) is 0 Å². The Labute approximate surface area is 114 Å². The number of hydrogen-bond acceptors (Lipinski definition) is 4. The van der Waals surface area contributed by atoms with E-state index in [2.05, 4.69) is 0 Å². The minimum absolute atomic E-state index is 0.118. The summed E-state index contributed by atoms with van der Waals surface area (Å²) in [5.41, 5.74) is -0.118. The van der Waals surface area contributed by atoms with Crippen LogP contribution in [0.3, 0.4) is 0 Å². The lowest BCUT2D eigenvalue weighted by atomic mass is 9.98. The van der Waals surface area contributed by atoms with Gasteiger partial charge in [-0.1, -0.05) is 12.8 Å². The largest absolute Gasteiger partial charge is 0.480 e. The molecule has 19 heavy (non-hydrogen) atoms. The minimum atomic E-state index is -3.71. The smallest absolute Gasteiger partial charge is 0.324 e. The van der Waals surface area contributed by atoms with Gasteiger partial charge in [-0.2, -0.15) is 0 Å². The predicted octanol–water partition coefficient (Wildman–Crippen LogP) is 1.76. The molecule has 2 rings (SSSR count). The number of ether oxygens (including phenoxy) is 1. The minimum Gasteiger partial charge on any atom is -0.480 e. The molecule has 5 nitrogen and oxygen atoms in total. The van der Waals surface area contributed by atoms with E-state index in [1.807, 2.05) is 0 Å². The van der Waals surface area contributed by atoms with Crippen LogP contribution in [-0.2, 0) is 19.4 Å². The van der Waals surface area contributed by atoms with Crippen LogP contribution in [0.1, 0.15) is 52.4 Å². The molecule has 0 bridgehead atoms. The first-order chi connectivity index (χ1) is 8.69. The third-order valence-corrected chi connectivity index (χ3v) is 7.09. The van der Waals surface area contributed by atoms with Gasteiger partial charge >= 0.3 is 5.97 Å². The molecule has 1 atom stereocenters. The zero-order chi connectivity index (χ0) is 14.3. The van der Waals surface area contributed by atoms with Gasteiger partial charge in [0, 0.05) is 0 Å². The van der Waals surface area contributed by atoms with Gasteiger partial charge in [0.15, 0.2) is 14.6 Å². The summed E-state index contributed by atoms with van der Waals surface area (Å²) in [6, 6.07) is 0. The number of carboxylic acid groups (broad SMARTS) is 1.